The van der Waals surface area contributed by atoms with Crippen LogP contribution in [0.3, 0.4) is 0 Å². The maximum Gasteiger partial charge on any atom is 0.319 e. The summed E-state index contributed by atoms with van der Waals surface area (Å²) >= 11 is 1.53. The Hall–Kier alpha value is -5.53. The fourth-order valence-corrected chi connectivity index (χ4v) is 6.48. The molecule has 2 heterocycles. The number of carbonyl (C=O) groups excluding carboxylic acids is 1. The third-order valence-electron chi connectivity index (χ3n) is 8.25. The Balaban J connectivity index is 0.970. The minimum atomic E-state index is -0.615. The smallest absolute Gasteiger partial charge is 0.319 e. The summed E-state index contributed by atoms with van der Waals surface area (Å²) in [5, 5.41) is 28.3. The molecule has 1 saturated heterocycles. The summed E-state index contributed by atoms with van der Waals surface area (Å²) in [4.78, 5) is 12.6. The third-order valence-corrected chi connectivity index (χ3v) is 9.30. The molecule has 3 atom stereocenters. The minimum absolute atomic E-state index is 0.0203. The zero-order valence-corrected chi connectivity index (χ0v) is 28.4. The van der Waals surface area contributed by atoms with Crippen LogP contribution in [0.25, 0.3) is 5.69 Å². The summed E-state index contributed by atoms with van der Waals surface area (Å²) in [6.07, 6.45) is -0.372. The molecule has 2 amide bonds. The van der Waals surface area contributed by atoms with Crippen molar-refractivity contribution in [1.29, 1.82) is 0 Å². The van der Waals surface area contributed by atoms with Crippen LogP contribution in [0.5, 0.6) is 11.5 Å². The quantitative estimate of drug-likeness (QED) is 0.110. The van der Waals surface area contributed by atoms with E-state index in [0.717, 1.165) is 33.7 Å². The van der Waals surface area contributed by atoms with E-state index in [1.54, 1.807) is 16.8 Å². The number of benzene rings is 5. The molecule has 11 nitrogen and oxygen atoms in total. The number of carbonyl (C=O) groups is 1. The van der Waals surface area contributed by atoms with Crippen molar-refractivity contribution in [2.75, 3.05) is 11.1 Å². The number of aliphatic hydroxyl groups excluding tert-OH is 1. The number of aliphatic hydroxyl groups is 1. The van der Waals surface area contributed by atoms with Crippen molar-refractivity contribution < 1.29 is 24.1 Å². The molecule has 0 spiro atoms. The van der Waals surface area contributed by atoms with Gasteiger partial charge in [-0.15, -0.1) is 5.10 Å². The second kappa shape index (κ2) is 16.5. The molecular weight excluding hydrogens is 665 g/mol. The van der Waals surface area contributed by atoms with Gasteiger partial charge in [0, 0.05) is 30.0 Å². The molecule has 1 aliphatic heterocycles. The molecule has 6 aromatic rings. The first-order valence-corrected chi connectivity index (χ1v) is 17.5. The van der Waals surface area contributed by atoms with Gasteiger partial charge >= 0.3 is 6.03 Å². The molecule has 1 aromatic heterocycles. The first-order valence-electron chi connectivity index (χ1n) is 16.5. The zero-order valence-electron chi connectivity index (χ0n) is 27.5. The first-order chi connectivity index (χ1) is 25.1. The van der Waals surface area contributed by atoms with E-state index in [2.05, 4.69) is 26.2 Å². The molecule has 12 heteroatoms. The Morgan fingerprint density at radius 3 is 2.20 bits per heavy atom. The van der Waals surface area contributed by atoms with E-state index in [9.17, 15) is 9.90 Å². The van der Waals surface area contributed by atoms with E-state index >= 15 is 0 Å². The lowest BCUT2D eigenvalue weighted by molar-refractivity contribution is -0.245. The van der Waals surface area contributed by atoms with E-state index in [1.807, 2.05) is 121 Å². The van der Waals surface area contributed by atoms with Crippen LogP contribution in [-0.4, -0.2) is 43.2 Å². The number of ether oxygens (including phenoxy) is 3. The number of thioether (sulfide) groups is 1. The number of urea groups is 1. The number of nitrogens with one attached hydrogen (secondary N) is 2. The van der Waals surface area contributed by atoms with Crippen LogP contribution in [0.2, 0.25) is 0 Å². The molecule has 3 N–H and O–H groups in total. The second-order valence-electron chi connectivity index (χ2n) is 11.9. The predicted molar refractivity (Wildman–Crippen MR) is 194 cm³/mol. The zero-order chi connectivity index (χ0) is 34.8. The summed E-state index contributed by atoms with van der Waals surface area (Å²) in [6, 6.07) is 41.8. The molecular formula is C39H36N6O5S. The molecule has 258 valence electrons. The molecule has 0 saturated carbocycles. The van der Waals surface area contributed by atoms with Crippen molar-refractivity contribution in [2.45, 2.75) is 43.2 Å². The van der Waals surface area contributed by atoms with Gasteiger partial charge in [0.15, 0.2) is 6.29 Å². The number of hydrogen-bond donors (Lipinski definition) is 3. The van der Waals surface area contributed by atoms with Crippen molar-refractivity contribution in [2.24, 2.45) is 0 Å². The van der Waals surface area contributed by atoms with Gasteiger partial charge in [0.25, 0.3) is 0 Å². The first kappa shape index (κ1) is 33.9. The van der Waals surface area contributed by atoms with Crippen LogP contribution in [0.4, 0.5) is 10.5 Å². The van der Waals surface area contributed by atoms with Crippen LogP contribution >= 0.6 is 11.8 Å². The van der Waals surface area contributed by atoms with Crippen LogP contribution < -0.4 is 15.4 Å². The highest BCUT2D eigenvalue weighted by Gasteiger charge is 2.32. The van der Waals surface area contributed by atoms with Gasteiger partial charge < -0.3 is 30.0 Å². The number of anilines is 1. The summed E-state index contributed by atoms with van der Waals surface area (Å²) in [5.41, 5.74) is 5.17. The number of amides is 2. The molecule has 7 rings (SSSR count). The highest BCUT2D eigenvalue weighted by atomic mass is 32.2. The Bertz CT molecular complexity index is 2000. The Kier molecular flexibility index (Phi) is 10.9. The topological polar surface area (TPSA) is 133 Å². The number of nitrogens with zero attached hydrogens (tertiary/aromatic N) is 4. The van der Waals surface area contributed by atoms with Gasteiger partial charge in [-0.05, 0) is 75.6 Å². The van der Waals surface area contributed by atoms with Gasteiger partial charge in [0.2, 0.25) is 5.16 Å². The molecule has 51 heavy (non-hydrogen) atoms. The average molecular weight is 701 g/mol. The normalized spacial score (nSPS) is 17.1. The monoisotopic (exact) mass is 700 g/mol. The molecule has 1 fully saturated rings. The van der Waals surface area contributed by atoms with E-state index in [-0.39, 0.29) is 24.8 Å². The van der Waals surface area contributed by atoms with E-state index in [1.165, 1.54) is 11.8 Å². The van der Waals surface area contributed by atoms with Crippen LogP contribution in [-0.2, 0) is 22.6 Å². The third kappa shape index (κ3) is 8.99. The number of para-hydroxylation sites is 2. The largest absolute Gasteiger partial charge is 0.457 e. The van der Waals surface area contributed by atoms with Gasteiger partial charge in [-0.25, -0.2) is 4.79 Å². The highest BCUT2D eigenvalue weighted by Crippen LogP contribution is 2.39. The standard InChI is InChI=1S/C39H36N6O5S/c46-25-28-13-15-29(16-14-28)36-23-35(26-51-39-42-43-44-45(39)32-7-3-1-4-8-32)49-37(50-36)30-17-11-27(12-18-30)24-40-38(47)41-31-19-21-34(22-20-31)48-33-9-5-2-6-10-33/h1-22,35-37,46H,23-26H2,(H2,40,41,47). The van der Waals surface area contributed by atoms with Crippen molar-refractivity contribution in [3.8, 4) is 17.2 Å². The predicted octanol–water partition coefficient (Wildman–Crippen LogP) is 7.61. The maximum atomic E-state index is 12.6. The lowest BCUT2D eigenvalue weighted by Crippen LogP contribution is -2.31. The van der Waals surface area contributed by atoms with Crippen molar-refractivity contribution in [3.05, 3.63) is 156 Å². The molecule has 3 unspecified atom stereocenters. The van der Waals surface area contributed by atoms with Crippen LogP contribution in [0, 0.1) is 0 Å². The van der Waals surface area contributed by atoms with Crippen LogP contribution in [0.1, 0.15) is 41.1 Å². The molecule has 1 aliphatic rings. The second-order valence-corrected chi connectivity index (χ2v) is 12.8. The Labute approximate surface area is 299 Å². The number of hydrogen-bond acceptors (Lipinski definition) is 9. The lowest BCUT2D eigenvalue weighted by atomic mass is 10.0. The van der Waals surface area contributed by atoms with Crippen molar-refractivity contribution in [3.63, 3.8) is 0 Å². The number of aromatic nitrogens is 4. The highest BCUT2D eigenvalue weighted by molar-refractivity contribution is 7.99. The summed E-state index contributed by atoms with van der Waals surface area (Å²) in [5.74, 6) is 2.03. The van der Waals surface area contributed by atoms with Gasteiger partial charge in [0.05, 0.1) is 24.5 Å². The summed E-state index contributed by atoms with van der Waals surface area (Å²) in [6.45, 7) is 0.316. The molecule has 0 radical (unpaired) electrons. The molecule has 5 aromatic carbocycles. The van der Waals surface area contributed by atoms with E-state index in [0.29, 0.717) is 35.3 Å². The number of tetrazole rings is 1. The van der Waals surface area contributed by atoms with Crippen molar-refractivity contribution >= 4 is 23.5 Å². The lowest BCUT2D eigenvalue weighted by Gasteiger charge is -2.36. The summed E-state index contributed by atoms with van der Waals surface area (Å²) in [7, 11) is 0. The van der Waals surface area contributed by atoms with E-state index < -0.39 is 6.29 Å². The van der Waals surface area contributed by atoms with Gasteiger partial charge in [-0.2, -0.15) is 4.68 Å². The van der Waals surface area contributed by atoms with Crippen molar-refractivity contribution in [1.82, 2.24) is 25.5 Å². The fraction of sp³-hybridized carbons (Fsp3) is 0.179. The Morgan fingerprint density at radius 1 is 0.804 bits per heavy atom. The van der Waals surface area contributed by atoms with Gasteiger partial charge in [-0.3, -0.25) is 0 Å². The average Bonchev–Trinajstić information content (AvgIpc) is 3.67. The number of rotatable bonds is 12. The Morgan fingerprint density at radius 2 is 1.47 bits per heavy atom. The maximum absolute atomic E-state index is 12.6. The molecule has 0 aliphatic carbocycles. The SMILES string of the molecule is O=C(NCc1ccc(C2OC(CSc3nnnn3-c3ccccc3)CC(c3ccc(CO)cc3)O2)cc1)Nc1ccc(Oc2ccccc2)cc1. The minimum Gasteiger partial charge on any atom is -0.457 e. The fourth-order valence-electron chi connectivity index (χ4n) is 5.57. The van der Waals surface area contributed by atoms with Gasteiger partial charge in [-0.1, -0.05) is 96.7 Å². The molecule has 0 bridgehead atoms. The summed E-state index contributed by atoms with van der Waals surface area (Å²) < 4.78 is 20.6. The van der Waals surface area contributed by atoms with Crippen LogP contribution in [0.15, 0.2) is 139 Å². The van der Waals surface area contributed by atoms with E-state index in [4.69, 9.17) is 14.2 Å². The van der Waals surface area contributed by atoms with Gasteiger partial charge in [0.1, 0.15) is 11.5 Å².